The molecule has 2 atom stereocenters. The number of carbonyl (C=O) groups is 1. The second-order valence-electron chi connectivity index (χ2n) is 6.21. The molecule has 3 rings (SSSR count). The number of piperidine rings is 1. The lowest BCUT2D eigenvalue weighted by Crippen LogP contribution is -2.48. The molecule has 1 saturated carbocycles. The molecular weight excluding hydrogens is 248 g/mol. The first-order valence-corrected chi connectivity index (χ1v) is 7.35. The van der Waals surface area contributed by atoms with Gasteiger partial charge in [0.05, 0.1) is 0 Å². The summed E-state index contributed by atoms with van der Waals surface area (Å²) >= 11 is 0. The van der Waals surface area contributed by atoms with Gasteiger partial charge in [-0.25, -0.2) is 0 Å². The first-order chi connectivity index (χ1) is 8.29. The van der Waals surface area contributed by atoms with Crippen LogP contribution in [0.1, 0.15) is 57.8 Å². The van der Waals surface area contributed by atoms with E-state index >= 15 is 0 Å². The summed E-state index contributed by atoms with van der Waals surface area (Å²) in [6, 6.07) is 1.79. The lowest BCUT2D eigenvalue weighted by atomic mass is 9.82. The first-order valence-electron chi connectivity index (χ1n) is 7.35. The van der Waals surface area contributed by atoms with E-state index in [2.05, 4.69) is 10.6 Å². The van der Waals surface area contributed by atoms with Gasteiger partial charge in [-0.2, -0.15) is 0 Å². The van der Waals surface area contributed by atoms with Crippen molar-refractivity contribution in [2.75, 3.05) is 0 Å². The second-order valence-corrected chi connectivity index (χ2v) is 6.21. The van der Waals surface area contributed by atoms with Crippen LogP contribution in [0.25, 0.3) is 0 Å². The van der Waals surface area contributed by atoms with Crippen molar-refractivity contribution in [3.63, 3.8) is 0 Å². The Labute approximate surface area is 116 Å². The normalized spacial score (nSPS) is 34.6. The smallest absolute Gasteiger partial charge is 0.220 e. The Bertz CT molecular complexity index is 282. The van der Waals surface area contributed by atoms with Crippen molar-refractivity contribution in [3.05, 3.63) is 0 Å². The number of nitrogens with one attached hydrogen (secondary N) is 2. The molecule has 2 bridgehead atoms. The molecule has 3 nitrogen and oxygen atoms in total. The van der Waals surface area contributed by atoms with Crippen LogP contribution in [0.5, 0.6) is 0 Å². The third-order valence-electron chi connectivity index (χ3n) is 4.84. The molecule has 0 spiro atoms. The van der Waals surface area contributed by atoms with Gasteiger partial charge >= 0.3 is 0 Å². The summed E-state index contributed by atoms with van der Waals surface area (Å²) in [5.41, 5.74) is 0. The van der Waals surface area contributed by atoms with E-state index in [-0.39, 0.29) is 12.4 Å². The zero-order chi connectivity index (χ0) is 11.7. The molecule has 2 unspecified atom stereocenters. The molecule has 2 saturated heterocycles. The van der Waals surface area contributed by atoms with Gasteiger partial charge in [0.25, 0.3) is 0 Å². The van der Waals surface area contributed by atoms with Gasteiger partial charge in [0.1, 0.15) is 0 Å². The molecule has 2 heterocycles. The number of rotatable bonds is 4. The predicted octanol–water partition coefficient (Wildman–Crippen LogP) is 2.39. The van der Waals surface area contributed by atoms with Crippen molar-refractivity contribution in [1.29, 1.82) is 0 Å². The molecule has 0 aromatic rings. The highest BCUT2D eigenvalue weighted by atomic mass is 35.5. The van der Waals surface area contributed by atoms with Crippen LogP contribution < -0.4 is 10.6 Å². The molecule has 3 aliphatic rings. The van der Waals surface area contributed by atoms with Crippen LogP contribution in [0.15, 0.2) is 0 Å². The summed E-state index contributed by atoms with van der Waals surface area (Å²) in [4.78, 5) is 11.9. The van der Waals surface area contributed by atoms with Gasteiger partial charge in [0, 0.05) is 24.5 Å². The topological polar surface area (TPSA) is 41.1 Å². The summed E-state index contributed by atoms with van der Waals surface area (Å²) in [6.07, 6.45) is 10.8. The van der Waals surface area contributed by atoms with Crippen LogP contribution in [0.3, 0.4) is 0 Å². The number of fused-ring (bicyclic) bond motifs is 2. The Hall–Kier alpha value is -0.280. The summed E-state index contributed by atoms with van der Waals surface area (Å²) in [5, 5.41) is 6.86. The molecule has 2 N–H and O–H groups in total. The lowest BCUT2D eigenvalue weighted by Gasteiger charge is -2.30. The number of amides is 1. The van der Waals surface area contributed by atoms with E-state index in [1.165, 1.54) is 32.1 Å². The van der Waals surface area contributed by atoms with Crippen LogP contribution in [0.4, 0.5) is 0 Å². The molecule has 0 aromatic heterocycles. The Kier molecular flexibility index (Phi) is 4.91. The maximum atomic E-state index is 11.9. The minimum Gasteiger partial charge on any atom is -0.353 e. The molecule has 18 heavy (non-hydrogen) atoms. The van der Waals surface area contributed by atoms with Crippen molar-refractivity contribution in [2.24, 2.45) is 5.92 Å². The molecule has 4 heteroatoms. The highest BCUT2D eigenvalue weighted by Crippen LogP contribution is 2.30. The summed E-state index contributed by atoms with van der Waals surface area (Å²) in [7, 11) is 0. The van der Waals surface area contributed by atoms with E-state index < -0.39 is 0 Å². The SMILES string of the molecule is Cl.O=C(CCC1CCC1)NC1CC2CCC(C1)N2. The van der Waals surface area contributed by atoms with Crippen molar-refractivity contribution in [3.8, 4) is 0 Å². The first kappa shape index (κ1) is 14.1. The van der Waals surface area contributed by atoms with Crippen molar-refractivity contribution < 1.29 is 4.79 Å². The quantitative estimate of drug-likeness (QED) is 0.825. The molecule has 0 aromatic carbocycles. The molecule has 0 radical (unpaired) electrons. The fourth-order valence-corrected chi connectivity index (χ4v) is 3.59. The summed E-state index contributed by atoms with van der Waals surface area (Å²) in [5.74, 6) is 1.15. The van der Waals surface area contributed by atoms with Gasteiger partial charge in [-0.1, -0.05) is 19.3 Å². The van der Waals surface area contributed by atoms with Crippen LogP contribution in [-0.2, 0) is 4.79 Å². The standard InChI is InChI=1S/C14H24N2O.ClH/c17-14(7-4-10-2-1-3-10)16-13-8-11-5-6-12(9-13)15-11;/h10-13,15H,1-9H2,(H,16,17);1H. The molecular formula is C14H25ClN2O. The van der Waals surface area contributed by atoms with Crippen LogP contribution in [0.2, 0.25) is 0 Å². The van der Waals surface area contributed by atoms with Gasteiger partial charge in [-0.05, 0) is 38.0 Å². The summed E-state index contributed by atoms with van der Waals surface area (Å²) < 4.78 is 0. The maximum absolute atomic E-state index is 11.9. The van der Waals surface area contributed by atoms with E-state index in [1.54, 1.807) is 0 Å². The average Bonchev–Trinajstić information content (AvgIpc) is 2.56. The van der Waals surface area contributed by atoms with Gasteiger partial charge in [0.15, 0.2) is 0 Å². The zero-order valence-corrected chi connectivity index (χ0v) is 11.8. The average molecular weight is 273 g/mol. The number of carbonyl (C=O) groups excluding carboxylic acids is 1. The monoisotopic (exact) mass is 272 g/mol. The van der Waals surface area contributed by atoms with Crippen molar-refractivity contribution in [1.82, 2.24) is 10.6 Å². The zero-order valence-electron chi connectivity index (χ0n) is 11.0. The van der Waals surface area contributed by atoms with Gasteiger partial charge in [-0.3, -0.25) is 4.79 Å². The second kappa shape index (κ2) is 6.25. The number of halogens is 1. The van der Waals surface area contributed by atoms with Crippen LogP contribution >= 0.6 is 12.4 Å². The Morgan fingerprint density at radius 2 is 1.78 bits per heavy atom. The van der Waals surface area contributed by atoms with E-state index in [0.29, 0.717) is 24.0 Å². The van der Waals surface area contributed by atoms with E-state index in [4.69, 9.17) is 0 Å². The molecule has 3 fully saturated rings. The van der Waals surface area contributed by atoms with Crippen molar-refractivity contribution >= 4 is 18.3 Å². The van der Waals surface area contributed by atoms with E-state index in [9.17, 15) is 4.79 Å². The van der Waals surface area contributed by atoms with E-state index in [1.807, 2.05) is 0 Å². The largest absolute Gasteiger partial charge is 0.353 e. The van der Waals surface area contributed by atoms with Crippen LogP contribution in [-0.4, -0.2) is 24.0 Å². The molecule has 1 aliphatic carbocycles. The Morgan fingerprint density at radius 3 is 2.33 bits per heavy atom. The van der Waals surface area contributed by atoms with E-state index in [0.717, 1.165) is 31.6 Å². The molecule has 104 valence electrons. The summed E-state index contributed by atoms with van der Waals surface area (Å²) in [6.45, 7) is 0. The molecule has 1 amide bonds. The van der Waals surface area contributed by atoms with Gasteiger partial charge in [0.2, 0.25) is 5.91 Å². The van der Waals surface area contributed by atoms with Gasteiger partial charge in [-0.15, -0.1) is 12.4 Å². The third kappa shape index (κ3) is 3.39. The number of hydrogen-bond acceptors (Lipinski definition) is 2. The molecule has 2 aliphatic heterocycles. The maximum Gasteiger partial charge on any atom is 0.220 e. The third-order valence-corrected chi connectivity index (χ3v) is 4.84. The number of hydrogen-bond donors (Lipinski definition) is 2. The minimum absolute atomic E-state index is 0. The van der Waals surface area contributed by atoms with Gasteiger partial charge < -0.3 is 10.6 Å². The Balaban J connectivity index is 0.00000120. The lowest BCUT2D eigenvalue weighted by molar-refractivity contribution is -0.122. The fraction of sp³-hybridized carbons (Fsp3) is 0.929. The fourth-order valence-electron chi connectivity index (χ4n) is 3.59. The van der Waals surface area contributed by atoms with Crippen LogP contribution in [0, 0.1) is 5.92 Å². The highest BCUT2D eigenvalue weighted by Gasteiger charge is 2.33. The van der Waals surface area contributed by atoms with Crippen molar-refractivity contribution in [2.45, 2.75) is 75.9 Å². The highest BCUT2D eigenvalue weighted by molar-refractivity contribution is 5.85. The Morgan fingerprint density at radius 1 is 1.11 bits per heavy atom. The minimum atomic E-state index is 0. The predicted molar refractivity (Wildman–Crippen MR) is 74.9 cm³/mol.